The van der Waals surface area contributed by atoms with Crippen molar-refractivity contribution < 1.29 is 9.90 Å². The lowest BCUT2D eigenvalue weighted by atomic mass is 10.0. The van der Waals surface area contributed by atoms with E-state index < -0.39 is 0 Å². The zero-order valence-corrected chi connectivity index (χ0v) is 10.8. The summed E-state index contributed by atoms with van der Waals surface area (Å²) >= 11 is 0. The number of benzene rings is 1. The lowest BCUT2D eigenvalue weighted by Crippen LogP contribution is -2.29. The van der Waals surface area contributed by atoms with Gasteiger partial charge in [0, 0.05) is 6.54 Å². The first kappa shape index (κ1) is 13.6. The number of carbonyl (C=O) groups is 1. The van der Waals surface area contributed by atoms with Gasteiger partial charge in [-0.25, -0.2) is 0 Å². The highest BCUT2D eigenvalue weighted by atomic mass is 16.3. The Hall–Kier alpha value is -1.51. The van der Waals surface area contributed by atoms with Crippen molar-refractivity contribution in [2.45, 2.75) is 33.6 Å². The van der Waals surface area contributed by atoms with Gasteiger partial charge in [-0.1, -0.05) is 38.8 Å². The van der Waals surface area contributed by atoms with Crippen molar-refractivity contribution in [3.05, 3.63) is 29.3 Å². The van der Waals surface area contributed by atoms with E-state index in [1.165, 1.54) is 0 Å². The fourth-order valence-corrected chi connectivity index (χ4v) is 1.75. The number of phenolic OH excluding ortho intramolecular Hbond substituents is 1. The van der Waals surface area contributed by atoms with Crippen LogP contribution in [0.25, 0.3) is 0 Å². The molecule has 1 aromatic carbocycles. The molecule has 0 aliphatic rings. The highest BCUT2D eigenvalue weighted by molar-refractivity contribution is 5.97. The molecule has 94 valence electrons. The predicted octanol–water partition coefficient (Wildman–Crippen LogP) is 2.87. The van der Waals surface area contributed by atoms with E-state index in [9.17, 15) is 9.90 Å². The Balaban J connectivity index is 2.67. The SMILES string of the molecule is CCC(CC)CNC(=O)c1cccc(C)c1O. The monoisotopic (exact) mass is 235 g/mol. The van der Waals surface area contributed by atoms with Gasteiger partial charge in [-0.05, 0) is 24.5 Å². The fourth-order valence-electron chi connectivity index (χ4n) is 1.75. The lowest BCUT2D eigenvalue weighted by Gasteiger charge is -2.14. The summed E-state index contributed by atoms with van der Waals surface area (Å²) in [5.74, 6) is 0.388. The largest absolute Gasteiger partial charge is 0.507 e. The summed E-state index contributed by atoms with van der Waals surface area (Å²) in [6.07, 6.45) is 2.10. The predicted molar refractivity (Wildman–Crippen MR) is 69.2 cm³/mol. The molecule has 3 nitrogen and oxygen atoms in total. The van der Waals surface area contributed by atoms with Crippen molar-refractivity contribution in [3.8, 4) is 5.75 Å². The maximum atomic E-state index is 11.9. The maximum absolute atomic E-state index is 11.9. The molecule has 0 fully saturated rings. The average molecular weight is 235 g/mol. The van der Waals surface area contributed by atoms with Crippen LogP contribution in [0.1, 0.15) is 42.6 Å². The molecule has 3 heteroatoms. The van der Waals surface area contributed by atoms with E-state index in [1.807, 2.05) is 0 Å². The molecule has 1 amide bonds. The number of amides is 1. The number of hydrogen-bond donors (Lipinski definition) is 2. The van der Waals surface area contributed by atoms with E-state index >= 15 is 0 Å². The van der Waals surface area contributed by atoms with Crippen molar-refractivity contribution in [3.63, 3.8) is 0 Å². The molecule has 0 radical (unpaired) electrons. The number of para-hydroxylation sites is 1. The Morgan fingerprint density at radius 1 is 1.35 bits per heavy atom. The third-order valence-electron chi connectivity index (χ3n) is 3.19. The van der Waals surface area contributed by atoms with Gasteiger partial charge in [-0.15, -0.1) is 0 Å². The number of aryl methyl sites for hydroxylation is 1. The lowest BCUT2D eigenvalue weighted by molar-refractivity contribution is 0.0943. The zero-order chi connectivity index (χ0) is 12.8. The Morgan fingerprint density at radius 3 is 2.59 bits per heavy atom. The van der Waals surface area contributed by atoms with Crippen LogP contribution in [0.2, 0.25) is 0 Å². The van der Waals surface area contributed by atoms with Gasteiger partial charge in [-0.2, -0.15) is 0 Å². The number of rotatable bonds is 5. The van der Waals surface area contributed by atoms with Crippen molar-refractivity contribution in [1.82, 2.24) is 5.32 Å². The summed E-state index contributed by atoms with van der Waals surface area (Å²) in [7, 11) is 0. The van der Waals surface area contributed by atoms with Gasteiger partial charge in [0.2, 0.25) is 0 Å². The third kappa shape index (κ3) is 3.48. The fraction of sp³-hybridized carbons (Fsp3) is 0.500. The third-order valence-corrected chi connectivity index (χ3v) is 3.19. The first-order chi connectivity index (χ1) is 8.10. The number of hydrogen-bond acceptors (Lipinski definition) is 2. The minimum atomic E-state index is -0.196. The second-order valence-electron chi connectivity index (χ2n) is 4.36. The molecule has 0 unspecified atom stereocenters. The minimum Gasteiger partial charge on any atom is -0.507 e. The first-order valence-electron chi connectivity index (χ1n) is 6.16. The molecular formula is C14H21NO2. The van der Waals surface area contributed by atoms with Crippen LogP contribution in [0.3, 0.4) is 0 Å². The molecule has 0 bridgehead atoms. The van der Waals surface area contributed by atoms with Crippen LogP contribution < -0.4 is 5.32 Å². The highest BCUT2D eigenvalue weighted by Crippen LogP contribution is 2.21. The van der Waals surface area contributed by atoms with Crippen LogP contribution in [0, 0.1) is 12.8 Å². The van der Waals surface area contributed by atoms with Crippen molar-refractivity contribution in [2.75, 3.05) is 6.54 Å². The summed E-state index contributed by atoms with van der Waals surface area (Å²) in [6.45, 7) is 6.68. The minimum absolute atomic E-state index is 0.0783. The maximum Gasteiger partial charge on any atom is 0.255 e. The quantitative estimate of drug-likeness (QED) is 0.824. The van der Waals surface area contributed by atoms with Gasteiger partial charge in [0.15, 0.2) is 0 Å². The second kappa shape index (κ2) is 6.28. The van der Waals surface area contributed by atoms with Gasteiger partial charge < -0.3 is 10.4 Å². The number of aromatic hydroxyl groups is 1. The van der Waals surface area contributed by atoms with Gasteiger partial charge >= 0.3 is 0 Å². The molecule has 0 saturated carbocycles. The summed E-state index contributed by atoms with van der Waals surface area (Å²) in [5, 5.41) is 12.7. The molecule has 0 atom stereocenters. The van der Waals surface area contributed by atoms with E-state index in [-0.39, 0.29) is 11.7 Å². The first-order valence-corrected chi connectivity index (χ1v) is 6.16. The normalized spacial score (nSPS) is 10.6. The van der Waals surface area contributed by atoms with Crippen LogP contribution >= 0.6 is 0 Å². The van der Waals surface area contributed by atoms with Gasteiger partial charge in [-0.3, -0.25) is 4.79 Å². The molecular weight excluding hydrogens is 214 g/mol. The van der Waals surface area contributed by atoms with Crippen LogP contribution in [0.4, 0.5) is 0 Å². The molecule has 1 aromatic rings. The van der Waals surface area contributed by atoms with E-state index in [2.05, 4.69) is 19.2 Å². The molecule has 0 aliphatic heterocycles. The number of carbonyl (C=O) groups excluding carboxylic acids is 1. The summed E-state index contributed by atoms with van der Waals surface area (Å²) < 4.78 is 0. The molecule has 0 aromatic heterocycles. The average Bonchev–Trinajstić information content (AvgIpc) is 2.33. The molecule has 2 N–H and O–H groups in total. The van der Waals surface area contributed by atoms with Crippen LogP contribution in [0.15, 0.2) is 18.2 Å². The smallest absolute Gasteiger partial charge is 0.255 e. The van der Waals surface area contributed by atoms with Gasteiger partial charge in [0.05, 0.1) is 5.56 Å². The number of nitrogens with one attached hydrogen (secondary N) is 1. The van der Waals surface area contributed by atoms with E-state index in [4.69, 9.17) is 0 Å². The van der Waals surface area contributed by atoms with Crippen LogP contribution in [-0.2, 0) is 0 Å². The molecule has 0 spiro atoms. The van der Waals surface area contributed by atoms with Gasteiger partial charge in [0.1, 0.15) is 5.75 Å². The van der Waals surface area contributed by atoms with E-state index in [1.54, 1.807) is 25.1 Å². The summed E-state index contributed by atoms with van der Waals surface area (Å²) in [6, 6.07) is 5.21. The molecule has 1 rings (SSSR count). The van der Waals surface area contributed by atoms with Gasteiger partial charge in [0.25, 0.3) is 5.91 Å². The summed E-state index contributed by atoms with van der Waals surface area (Å²) in [5.41, 5.74) is 1.08. The van der Waals surface area contributed by atoms with E-state index in [0.717, 1.165) is 18.4 Å². The van der Waals surface area contributed by atoms with Crippen LogP contribution in [0.5, 0.6) is 5.75 Å². The number of phenols is 1. The Labute approximate surface area is 103 Å². The standard InChI is InChI=1S/C14H21NO2/c1-4-11(5-2)9-15-14(17)12-8-6-7-10(3)13(12)16/h6-8,11,16H,4-5,9H2,1-3H3,(H,15,17). The van der Waals surface area contributed by atoms with Crippen molar-refractivity contribution >= 4 is 5.91 Å². The highest BCUT2D eigenvalue weighted by Gasteiger charge is 2.13. The molecule has 0 heterocycles. The molecule has 17 heavy (non-hydrogen) atoms. The second-order valence-corrected chi connectivity index (χ2v) is 4.36. The van der Waals surface area contributed by atoms with Crippen molar-refractivity contribution in [2.24, 2.45) is 5.92 Å². The topological polar surface area (TPSA) is 49.3 Å². The zero-order valence-electron chi connectivity index (χ0n) is 10.8. The van der Waals surface area contributed by atoms with Crippen LogP contribution in [-0.4, -0.2) is 17.6 Å². The van der Waals surface area contributed by atoms with E-state index in [0.29, 0.717) is 18.0 Å². The summed E-state index contributed by atoms with van der Waals surface area (Å²) in [4.78, 5) is 11.9. The molecule has 0 aliphatic carbocycles. The Kier molecular flexibility index (Phi) is 5.01. The Bertz CT molecular complexity index is 384. The van der Waals surface area contributed by atoms with Crippen molar-refractivity contribution in [1.29, 1.82) is 0 Å². The molecule has 0 saturated heterocycles. The Morgan fingerprint density at radius 2 is 2.00 bits per heavy atom.